The van der Waals surface area contributed by atoms with E-state index in [-0.39, 0.29) is 13.2 Å². The Morgan fingerprint density at radius 3 is 1.47 bits per heavy atom. The van der Waals surface area contributed by atoms with Crippen LogP contribution < -0.4 is 10.6 Å². The zero-order valence-electron chi connectivity index (χ0n) is 17.9. The first-order chi connectivity index (χ1) is 15.4. The van der Waals surface area contributed by atoms with Crippen LogP contribution in [0, 0.1) is 0 Å². The number of benzene rings is 2. The van der Waals surface area contributed by atoms with E-state index in [4.69, 9.17) is 9.47 Å². The van der Waals surface area contributed by atoms with Gasteiger partial charge in [-0.2, -0.15) is 0 Å². The molecule has 0 saturated heterocycles. The molecule has 2 unspecified atom stereocenters. The summed E-state index contributed by atoms with van der Waals surface area (Å²) in [5, 5.41) is 5.63. The number of fused-ring (bicyclic) bond motifs is 2. The highest BCUT2D eigenvalue weighted by Crippen LogP contribution is 2.58. The van der Waals surface area contributed by atoms with Crippen molar-refractivity contribution in [3.8, 4) is 0 Å². The zero-order valence-corrected chi connectivity index (χ0v) is 17.9. The van der Waals surface area contributed by atoms with E-state index in [1.54, 1.807) is 62.4 Å². The Bertz CT molecular complexity index is 1030. The van der Waals surface area contributed by atoms with Crippen molar-refractivity contribution in [1.82, 2.24) is 0 Å². The fourth-order valence-electron chi connectivity index (χ4n) is 4.99. The van der Waals surface area contributed by atoms with Gasteiger partial charge in [-0.05, 0) is 37.1 Å². The van der Waals surface area contributed by atoms with Crippen LogP contribution in [0.15, 0.2) is 48.5 Å². The summed E-state index contributed by atoms with van der Waals surface area (Å²) in [7, 11) is 0. The van der Waals surface area contributed by atoms with Crippen LogP contribution in [0.2, 0.25) is 0 Å². The maximum atomic E-state index is 13.7. The van der Waals surface area contributed by atoms with Gasteiger partial charge in [0.25, 0.3) is 0 Å². The van der Waals surface area contributed by atoms with E-state index in [0.29, 0.717) is 22.5 Å². The number of anilines is 2. The van der Waals surface area contributed by atoms with Gasteiger partial charge in [0.15, 0.2) is 0 Å². The summed E-state index contributed by atoms with van der Waals surface area (Å²) in [5.41, 5.74) is -1.51. The minimum Gasteiger partial charge on any atom is -0.466 e. The van der Waals surface area contributed by atoms with E-state index < -0.39 is 47.4 Å². The molecular weight excluding hydrogens is 412 g/mol. The summed E-state index contributed by atoms with van der Waals surface area (Å²) in [5.74, 6) is -2.36. The number of para-hydroxylation sites is 2. The van der Waals surface area contributed by atoms with E-state index >= 15 is 0 Å². The van der Waals surface area contributed by atoms with Gasteiger partial charge in [0.1, 0.15) is 10.8 Å². The molecule has 0 aromatic heterocycles. The molecule has 0 saturated carbocycles. The molecule has 0 bridgehead atoms. The fraction of sp³-hybridized carbons (Fsp3) is 0.333. The second kappa shape index (κ2) is 8.11. The van der Waals surface area contributed by atoms with Gasteiger partial charge in [-0.15, -0.1) is 0 Å². The lowest BCUT2D eigenvalue weighted by Gasteiger charge is -2.42. The highest BCUT2D eigenvalue weighted by Gasteiger charge is 2.69. The number of hydrogen-bond acceptors (Lipinski definition) is 6. The molecule has 2 aromatic carbocycles. The van der Waals surface area contributed by atoms with Gasteiger partial charge < -0.3 is 20.1 Å². The highest BCUT2D eigenvalue weighted by molar-refractivity contribution is 6.19. The third kappa shape index (κ3) is 2.97. The van der Waals surface area contributed by atoms with Crippen molar-refractivity contribution < 1.29 is 28.7 Å². The van der Waals surface area contributed by atoms with Crippen molar-refractivity contribution in [2.45, 2.75) is 37.5 Å². The van der Waals surface area contributed by atoms with Crippen molar-refractivity contribution in [2.75, 3.05) is 23.8 Å². The lowest BCUT2D eigenvalue weighted by molar-refractivity contribution is -0.153. The quantitative estimate of drug-likeness (QED) is 0.646. The Kier molecular flexibility index (Phi) is 5.46. The Morgan fingerprint density at radius 2 is 1.09 bits per heavy atom. The predicted molar refractivity (Wildman–Crippen MR) is 116 cm³/mol. The number of ether oxygens (including phenoxy) is 2. The molecule has 8 heteroatoms. The number of rotatable bonds is 7. The first kappa shape index (κ1) is 21.5. The number of nitrogens with one attached hydrogen (secondary N) is 2. The molecular formula is C24H24N2O6. The molecule has 8 nitrogen and oxygen atoms in total. The van der Waals surface area contributed by atoms with E-state index in [9.17, 15) is 19.2 Å². The van der Waals surface area contributed by atoms with E-state index in [0.717, 1.165) is 0 Å². The minimum atomic E-state index is -1.71. The van der Waals surface area contributed by atoms with Crippen LogP contribution in [-0.4, -0.2) is 37.0 Å². The summed E-state index contributed by atoms with van der Waals surface area (Å²) >= 11 is 0. The summed E-state index contributed by atoms with van der Waals surface area (Å²) in [6.07, 6.45) is -0.824. The lowest BCUT2D eigenvalue weighted by Crippen LogP contribution is -2.59. The average molecular weight is 436 g/mol. The smallest absolute Gasteiger partial charge is 0.307 e. The maximum absolute atomic E-state index is 13.7. The van der Waals surface area contributed by atoms with Gasteiger partial charge in [0.2, 0.25) is 11.8 Å². The number of amides is 2. The molecule has 2 N–H and O–H groups in total. The van der Waals surface area contributed by atoms with Gasteiger partial charge in [0.05, 0.1) is 26.1 Å². The standard InChI is InChI=1S/C24H24N2O6/c1-3-31-19(27)13-23(15-9-5-7-11-17(15)25-21(23)29)24(14-20(28)32-4-2)16-10-6-8-12-18(16)26-22(24)30/h5-12H,3-4,13-14H2,1-2H3,(H,25,29)(H,26,30). The molecule has 0 aliphatic carbocycles. The van der Waals surface area contributed by atoms with Crippen molar-refractivity contribution in [1.29, 1.82) is 0 Å². The largest absolute Gasteiger partial charge is 0.466 e. The van der Waals surface area contributed by atoms with Crippen LogP contribution in [0.3, 0.4) is 0 Å². The number of esters is 2. The SMILES string of the molecule is CCOC(=O)CC1(C2(CC(=O)OCC)C(=O)Nc3ccccc32)C(=O)Nc2ccccc21. The molecule has 166 valence electrons. The topological polar surface area (TPSA) is 111 Å². The zero-order chi connectivity index (χ0) is 22.9. The lowest BCUT2D eigenvalue weighted by atomic mass is 9.54. The molecule has 2 aliphatic heterocycles. The third-order valence-electron chi connectivity index (χ3n) is 6.20. The Balaban J connectivity index is 2.04. The van der Waals surface area contributed by atoms with Gasteiger partial charge in [0, 0.05) is 11.4 Å². The Labute approximate surface area is 185 Å². The van der Waals surface area contributed by atoms with Crippen molar-refractivity contribution in [3.63, 3.8) is 0 Å². The second-order valence-electron chi connectivity index (χ2n) is 7.77. The highest BCUT2D eigenvalue weighted by atomic mass is 16.5. The third-order valence-corrected chi connectivity index (χ3v) is 6.20. The monoisotopic (exact) mass is 436 g/mol. The van der Waals surface area contributed by atoms with E-state index in [2.05, 4.69) is 10.6 Å². The van der Waals surface area contributed by atoms with Crippen LogP contribution in [-0.2, 0) is 39.5 Å². The number of carbonyl (C=O) groups excluding carboxylic acids is 4. The second-order valence-corrected chi connectivity index (χ2v) is 7.77. The fourth-order valence-corrected chi connectivity index (χ4v) is 4.99. The maximum Gasteiger partial charge on any atom is 0.307 e. The first-order valence-corrected chi connectivity index (χ1v) is 10.5. The number of carbonyl (C=O) groups is 4. The average Bonchev–Trinajstić information content (AvgIpc) is 3.21. The van der Waals surface area contributed by atoms with Crippen LogP contribution in [0.5, 0.6) is 0 Å². The summed E-state index contributed by atoms with van der Waals surface area (Å²) in [6.45, 7) is 3.57. The molecule has 4 rings (SSSR count). The Morgan fingerprint density at radius 1 is 0.719 bits per heavy atom. The van der Waals surface area contributed by atoms with Crippen molar-refractivity contribution in [2.24, 2.45) is 0 Å². The molecule has 2 aliphatic rings. The normalized spacial score (nSPS) is 23.1. The van der Waals surface area contributed by atoms with Crippen molar-refractivity contribution >= 4 is 35.1 Å². The molecule has 0 fully saturated rings. The van der Waals surface area contributed by atoms with Crippen LogP contribution in [0.25, 0.3) is 0 Å². The molecule has 32 heavy (non-hydrogen) atoms. The summed E-state index contributed by atoms with van der Waals surface area (Å²) in [6, 6.07) is 13.8. The van der Waals surface area contributed by atoms with Crippen LogP contribution >= 0.6 is 0 Å². The molecule has 2 heterocycles. The number of hydrogen-bond donors (Lipinski definition) is 2. The van der Waals surface area contributed by atoms with Gasteiger partial charge in [-0.1, -0.05) is 36.4 Å². The molecule has 0 radical (unpaired) electrons. The van der Waals surface area contributed by atoms with Gasteiger partial charge >= 0.3 is 11.9 Å². The summed E-state index contributed by atoms with van der Waals surface area (Å²) in [4.78, 5) is 53.1. The molecule has 2 amide bonds. The van der Waals surface area contributed by atoms with E-state index in [1.807, 2.05) is 0 Å². The van der Waals surface area contributed by atoms with Crippen LogP contribution in [0.1, 0.15) is 37.8 Å². The van der Waals surface area contributed by atoms with Crippen molar-refractivity contribution in [3.05, 3.63) is 59.7 Å². The minimum absolute atomic E-state index is 0.117. The van der Waals surface area contributed by atoms with Crippen LogP contribution in [0.4, 0.5) is 11.4 Å². The molecule has 2 atom stereocenters. The molecule has 2 aromatic rings. The first-order valence-electron chi connectivity index (χ1n) is 10.5. The summed E-state index contributed by atoms with van der Waals surface area (Å²) < 4.78 is 10.4. The van der Waals surface area contributed by atoms with Gasteiger partial charge in [-0.3, -0.25) is 19.2 Å². The van der Waals surface area contributed by atoms with E-state index in [1.165, 1.54) is 0 Å². The predicted octanol–water partition coefficient (Wildman–Crippen LogP) is 2.67. The Hall–Kier alpha value is -3.68. The molecule has 0 spiro atoms. The van der Waals surface area contributed by atoms with Gasteiger partial charge in [-0.25, -0.2) is 0 Å².